The van der Waals surface area contributed by atoms with Crippen molar-refractivity contribution in [2.45, 2.75) is 6.92 Å². The highest BCUT2D eigenvalue weighted by atomic mass is 14.9. The van der Waals surface area contributed by atoms with Crippen LogP contribution < -0.4 is 11.1 Å². The molecule has 0 bridgehead atoms. The van der Waals surface area contributed by atoms with E-state index in [0.29, 0.717) is 0 Å². The number of nitrogens with two attached hydrogens (primary N) is 1. The molecular weight excluding hydrogens is 148 g/mol. The van der Waals surface area contributed by atoms with Gasteiger partial charge in [-0.2, -0.15) is 0 Å². The number of hydrogen-bond acceptors (Lipinski definition) is 2. The van der Waals surface area contributed by atoms with Crippen LogP contribution in [0.2, 0.25) is 0 Å². The van der Waals surface area contributed by atoms with Gasteiger partial charge in [-0.05, 0) is 25.1 Å². The number of benzene rings is 1. The molecule has 0 radical (unpaired) electrons. The van der Waals surface area contributed by atoms with E-state index in [-0.39, 0.29) is 0 Å². The van der Waals surface area contributed by atoms with E-state index in [2.05, 4.69) is 11.9 Å². The molecule has 2 heteroatoms. The van der Waals surface area contributed by atoms with Crippen LogP contribution in [-0.4, -0.2) is 6.54 Å². The van der Waals surface area contributed by atoms with E-state index in [4.69, 9.17) is 5.73 Å². The first-order valence-corrected chi connectivity index (χ1v) is 3.92. The molecule has 1 aromatic rings. The van der Waals surface area contributed by atoms with E-state index in [1.807, 2.05) is 31.2 Å². The average molecular weight is 162 g/mol. The lowest BCUT2D eigenvalue weighted by Crippen LogP contribution is -2.01. The summed E-state index contributed by atoms with van der Waals surface area (Å²) in [6, 6.07) is 7.68. The molecule has 0 saturated carbocycles. The molecule has 0 atom stereocenters. The van der Waals surface area contributed by atoms with Gasteiger partial charge in [-0.1, -0.05) is 18.2 Å². The first-order valence-electron chi connectivity index (χ1n) is 3.92. The third-order valence-electron chi connectivity index (χ3n) is 1.48. The van der Waals surface area contributed by atoms with Crippen LogP contribution in [-0.2, 0) is 0 Å². The molecule has 0 fully saturated rings. The Morgan fingerprint density at radius 2 is 2.33 bits per heavy atom. The quantitative estimate of drug-likeness (QED) is 0.528. The van der Waals surface area contributed by atoms with Crippen molar-refractivity contribution in [1.29, 1.82) is 0 Å². The number of nitrogens with one attached hydrogen (secondary N) is 1. The smallest absolute Gasteiger partial charge is 0.0363 e. The minimum Gasteiger partial charge on any atom is -0.399 e. The maximum absolute atomic E-state index is 5.60. The highest BCUT2D eigenvalue weighted by molar-refractivity contribution is 5.54. The van der Waals surface area contributed by atoms with Crippen molar-refractivity contribution >= 4 is 11.4 Å². The fourth-order valence-corrected chi connectivity index (χ4v) is 0.902. The summed E-state index contributed by atoms with van der Waals surface area (Å²) in [7, 11) is 0. The Labute approximate surface area is 73.1 Å². The predicted octanol–water partition coefficient (Wildman–Crippen LogP) is 2.26. The summed E-state index contributed by atoms with van der Waals surface area (Å²) < 4.78 is 0. The Balaban J connectivity index is 2.57. The monoisotopic (exact) mass is 162 g/mol. The molecule has 0 aliphatic carbocycles. The number of hydrogen-bond donors (Lipinski definition) is 2. The summed E-state index contributed by atoms with van der Waals surface area (Å²) in [5, 5.41) is 3.21. The van der Waals surface area contributed by atoms with Crippen LogP contribution in [0.1, 0.15) is 6.92 Å². The highest BCUT2D eigenvalue weighted by Crippen LogP contribution is 2.11. The maximum Gasteiger partial charge on any atom is 0.0363 e. The Morgan fingerprint density at radius 1 is 1.58 bits per heavy atom. The van der Waals surface area contributed by atoms with E-state index in [1.165, 1.54) is 0 Å². The second kappa shape index (κ2) is 3.81. The molecule has 0 heterocycles. The van der Waals surface area contributed by atoms with Crippen LogP contribution >= 0.6 is 0 Å². The second-order valence-electron chi connectivity index (χ2n) is 2.94. The van der Waals surface area contributed by atoms with E-state index in [0.717, 1.165) is 23.5 Å². The first kappa shape index (κ1) is 8.65. The van der Waals surface area contributed by atoms with Crippen molar-refractivity contribution in [2.24, 2.45) is 0 Å². The Hall–Kier alpha value is -1.44. The Kier molecular flexibility index (Phi) is 2.75. The highest BCUT2D eigenvalue weighted by Gasteiger charge is 1.90. The molecule has 0 unspecified atom stereocenters. The topological polar surface area (TPSA) is 38.0 Å². The molecular formula is C10H14N2. The largest absolute Gasteiger partial charge is 0.399 e. The van der Waals surface area contributed by atoms with Gasteiger partial charge in [-0.15, -0.1) is 0 Å². The van der Waals surface area contributed by atoms with Gasteiger partial charge in [-0.25, -0.2) is 0 Å². The lowest BCUT2D eigenvalue weighted by atomic mass is 10.2. The molecule has 0 aromatic heterocycles. The van der Waals surface area contributed by atoms with Crippen LogP contribution in [0, 0.1) is 0 Å². The summed E-state index contributed by atoms with van der Waals surface area (Å²) in [5.41, 5.74) is 8.53. The summed E-state index contributed by atoms with van der Waals surface area (Å²) >= 11 is 0. The minimum atomic E-state index is 0.779. The van der Waals surface area contributed by atoms with Gasteiger partial charge in [0.1, 0.15) is 0 Å². The summed E-state index contributed by atoms with van der Waals surface area (Å²) in [5.74, 6) is 0. The Bertz CT molecular complexity index is 279. The van der Waals surface area contributed by atoms with Crippen molar-refractivity contribution in [3.8, 4) is 0 Å². The van der Waals surface area contributed by atoms with Gasteiger partial charge in [0.15, 0.2) is 0 Å². The Morgan fingerprint density at radius 3 is 2.92 bits per heavy atom. The van der Waals surface area contributed by atoms with E-state index in [9.17, 15) is 0 Å². The van der Waals surface area contributed by atoms with Gasteiger partial charge >= 0.3 is 0 Å². The molecule has 0 saturated heterocycles. The maximum atomic E-state index is 5.60. The number of nitrogen functional groups attached to an aromatic ring is 1. The molecule has 0 aliphatic heterocycles. The predicted molar refractivity (Wildman–Crippen MR) is 54.2 cm³/mol. The summed E-state index contributed by atoms with van der Waals surface area (Å²) in [4.78, 5) is 0. The molecule has 0 aliphatic rings. The van der Waals surface area contributed by atoms with Gasteiger partial charge in [0.2, 0.25) is 0 Å². The zero-order valence-corrected chi connectivity index (χ0v) is 7.30. The zero-order chi connectivity index (χ0) is 8.97. The van der Waals surface area contributed by atoms with Crippen molar-refractivity contribution < 1.29 is 0 Å². The minimum absolute atomic E-state index is 0.779. The fourth-order valence-electron chi connectivity index (χ4n) is 0.902. The van der Waals surface area contributed by atoms with E-state index >= 15 is 0 Å². The lowest BCUT2D eigenvalue weighted by Gasteiger charge is -2.05. The third-order valence-corrected chi connectivity index (χ3v) is 1.48. The van der Waals surface area contributed by atoms with Gasteiger partial charge < -0.3 is 11.1 Å². The molecule has 0 spiro atoms. The molecule has 1 rings (SSSR count). The van der Waals surface area contributed by atoms with Crippen LogP contribution in [0.4, 0.5) is 11.4 Å². The van der Waals surface area contributed by atoms with Gasteiger partial charge in [0.05, 0.1) is 0 Å². The van der Waals surface area contributed by atoms with Crippen molar-refractivity contribution in [1.82, 2.24) is 0 Å². The fraction of sp³-hybridized carbons (Fsp3) is 0.200. The SMILES string of the molecule is C=C(C)CNc1cccc(N)c1. The normalized spacial score (nSPS) is 9.42. The molecule has 2 nitrogen and oxygen atoms in total. The van der Waals surface area contributed by atoms with Crippen LogP contribution in [0.5, 0.6) is 0 Å². The van der Waals surface area contributed by atoms with Gasteiger partial charge in [0, 0.05) is 17.9 Å². The molecule has 64 valence electrons. The number of anilines is 2. The summed E-state index contributed by atoms with van der Waals surface area (Å²) in [6.07, 6.45) is 0. The third kappa shape index (κ3) is 2.66. The van der Waals surface area contributed by atoms with Crippen molar-refractivity contribution in [3.63, 3.8) is 0 Å². The standard InChI is InChI=1S/C10H14N2/c1-8(2)7-12-10-5-3-4-9(11)6-10/h3-6,12H,1,7,11H2,2H3. The van der Waals surface area contributed by atoms with E-state index in [1.54, 1.807) is 0 Å². The molecule has 3 N–H and O–H groups in total. The zero-order valence-electron chi connectivity index (χ0n) is 7.30. The van der Waals surface area contributed by atoms with Crippen molar-refractivity contribution in [3.05, 3.63) is 36.4 Å². The molecule has 0 amide bonds. The average Bonchev–Trinajstić information content (AvgIpc) is 2.01. The number of rotatable bonds is 3. The van der Waals surface area contributed by atoms with Crippen LogP contribution in [0.25, 0.3) is 0 Å². The van der Waals surface area contributed by atoms with E-state index < -0.39 is 0 Å². The van der Waals surface area contributed by atoms with Crippen LogP contribution in [0.3, 0.4) is 0 Å². The van der Waals surface area contributed by atoms with Gasteiger partial charge in [-0.3, -0.25) is 0 Å². The van der Waals surface area contributed by atoms with Crippen LogP contribution in [0.15, 0.2) is 36.4 Å². The molecule has 1 aromatic carbocycles. The van der Waals surface area contributed by atoms with Crippen molar-refractivity contribution in [2.75, 3.05) is 17.6 Å². The summed E-state index contributed by atoms with van der Waals surface area (Å²) in [6.45, 7) is 6.58. The first-order chi connectivity index (χ1) is 5.68. The van der Waals surface area contributed by atoms with Gasteiger partial charge in [0.25, 0.3) is 0 Å². The second-order valence-corrected chi connectivity index (χ2v) is 2.94. The lowest BCUT2D eigenvalue weighted by molar-refractivity contribution is 1.22. The molecule has 12 heavy (non-hydrogen) atoms.